The molecule has 4 aromatic rings. The molecule has 0 unspecified atom stereocenters. The number of sulfone groups is 1. The van der Waals surface area contributed by atoms with Crippen molar-refractivity contribution in [2.75, 3.05) is 0 Å². The summed E-state index contributed by atoms with van der Waals surface area (Å²) >= 11 is 0. The maximum Gasteiger partial charge on any atom is 0.206 e. The van der Waals surface area contributed by atoms with E-state index < -0.39 is 15.3 Å². The molecule has 0 N–H and O–H groups in total. The van der Waals surface area contributed by atoms with E-state index in [0.717, 1.165) is 42.5 Å². The molecule has 2 heterocycles. The number of nitriles is 1. The third-order valence-corrected chi connectivity index (χ3v) is 8.76. The van der Waals surface area contributed by atoms with Crippen molar-refractivity contribution in [3.8, 4) is 6.07 Å². The van der Waals surface area contributed by atoms with Crippen molar-refractivity contribution < 1.29 is 13.2 Å². The fourth-order valence-corrected chi connectivity index (χ4v) is 6.12. The van der Waals surface area contributed by atoms with Gasteiger partial charge in [-0.05, 0) is 66.8 Å². The second-order valence-electron chi connectivity index (χ2n) is 9.11. The predicted octanol–water partition coefficient (Wildman–Crippen LogP) is 5.32. The Labute approximate surface area is 204 Å². The number of fused-ring (bicyclic) bond motifs is 1. The minimum absolute atomic E-state index is 0.0230. The lowest BCUT2D eigenvalue weighted by Crippen LogP contribution is -2.19. The molecule has 2 aromatic heterocycles. The third kappa shape index (κ3) is 4.38. The first-order valence-electron chi connectivity index (χ1n) is 11.7. The monoisotopic (exact) mass is 483 g/mol. The highest BCUT2D eigenvalue weighted by Gasteiger charge is 2.35. The quantitative estimate of drug-likeness (QED) is 0.332. The number of rotatable bonds is 7. The van der Waals surface area contributed by atoms with E-state index in [4.69, 9.17) is 0 Å². The average molecular weight is 484 g/mol. The van der Waals surface area contributed by atoms with E-state index in [1.807, 2.05) is 10.5 Å². The van der Waals surface area contributed by atoms with Gasteiger partial charge in [0.25, 0.3) is 0 Å². The van der Waals surface area contributed by atoms with Crippen LogP contribution in [0.2, 0.25) is 0 Å². The summed E-state index contributed by atoms with van der Waals surface area (Å²) in [4.78, 5) is 17.2. The molecule has 0 radical (unpaired) electrons. The van der Waals surface area contributed by atoms with E-state index in [9.17, 15) is 18.5 Å². The standard InChI is InChI=1S/C28H25N3O3S/c29-20-28(15-1-2-16-28)23-7-11-25(12-8-23)35(33,34)24-9-3-21(4-10-24)5-13-26(32)22-6-14-27-30-17-18-31(27)19-22/h3-4,6-12,14,17-19H,1-2,5,13,15-16H2. The Balaban J connectivity index is 1.27. The van der Waals surface area contributed by atoms with Gasteiger partial charge in [0.2, 0.25) is 9.84 Å². The first-order chi connectivity index (χ1) is 16.9. The molecule has 0 amide bonds. The number of benzene rings is 2. The average Bonchev–Trinajstić information content (AvgIpc) is 3.57. The van der Waals surface area contributed by atoms with Crippen molar-refractivity contribution in [3.63, 3.8) is 0 Å². The van der Waals surface area contributed by atoms with Crippen LogP contribution in [0.25, 0.3) is 5.65 Å². The highest BCUT2D eigenvalue weighted by molar-refractivity contribution is 7.91. The van der Waals surface area contributed by atoms with Crippen LogP contribution in [0.4, 0.5) is 0 Å². The molecule has 35 heavy (non-hydrogen) atoms. The van der Waals surface area contributed by atoms with Crippen LogP contribution < -0.4 is 0 Å². The number of Topliss-reactive ketones (excluding diaryl/α,β-unsaturated/α-hetero) is 1. The normalized spacial score (nSPS) is 15.2. The van der Waals surface area contributed by atoms with Gasteiger partial charge < -0.3 is 4.40 Å². The van der Waals surface area contributed by atoms with Gasteiger partial charge in [-0.3, -0.25) is 4.79 Å². The number of aromatic nitrogens is 2. The fourth-order valence-electron chi connectivity index (χ4n) is 4.86. The number of imidazole rings is 1. The van der Waals surface area contributed by atoms with E-state index in [2.05, 4.69) is 11.1 Å². The number of pyridine rings is 1. The Morgan fingerprint density at radius 1 is 0.971 bits per heavy atom. The summed E-state index contributed by atoms with van der Waals surface area (Å²) in [6.45, 7) is 0. The van der Waals surface area contributed by atoms with Gasteiger partial charge in [-0.25, -0.2) is 13.4 Å². The summed E-state index contributed by atoms with van der Waals surface area (Å²) in [5.74, 6) is 0.0230. The predicted molar refractivity (Wildman–Crippen MR) is 132 cm³/mol. The Kier molecular flexibility index (Phi) is 6.00. The number of ketones is 1. The second-order valence-corrected chi connectivity index (χ2v) is 11.1. The Morgan fingerprint density at radius 3 is 2.29 bits per heavy atom. The van der Waals surface area contributed by atoms with E-state index >= 15 is 0 Å². The number of hydrogen-bond donors (Lipinski definition) is 0. The summed E-state index contributed by atoms with van der Waals surface area (Å²) in [5.41, 5.74) is 2.70. The lowest BCUT2D eigenvalue weighted by Gasteiger charge is -2.20. The van der Waals surface area contributed by atoms with Gasteiger partial charge in [0.15, 0.2) is 5.78 Å². The van der Waals surface area contributed by atoms with Gasteiger partial charge >= 0.3 is 0 Å². The summed E-state index contributed by atoms with van der Waals surface area (Å²) < 4.78 is 28.1. The van der Waals surface area contributed by atoms with Gasteiger partial charge in [-0.1, -0.05) is 37.1 Å². The fraction of sp³-hybridized carbons (Fsp3) is 0.250. The topological polar surface area (TPSA) is 92.3 Å². The summed E-state index contributed by atoms with van der Waals surface area (Å²) in [6, 6.07) is 19.5. The molecule has 0 saturated heterocycles. The molecule has 0 atom stereocenters. The van der Waals surface area contributed by atoms with Crippen LogP contribution in [0.3, 0.4) is 0 Å². The largest absolute Gasteiger partial charge is 0.306 e. The van der Waals surface area contributed by atoms with Crippen LogP contribution in [0.1, 0.15) is 53.6 Å². The summed E-state index contributed by atoms with van der Waals surface area (Å²) in [5, 5.41) is 9.69. The Hall–Kier alpha value is -3.76. The van der Waals surface area contributed by atoms with Crippen LogP contribution in [-0.4, -0.2) is 23.6 Å². The molecule has 5 rings (SSSR count). The van der Waals surface area contributed by atoms with Gasteiger partial charge in [-0.15, -0.1) is 0 Å². The van der Waals surface area contributed by atoms with Crippen LogP contribution in [0, 0.1) is 11.3 Å². The zero-order valence-corrected chi connectivity index (χ0v) is 20.0. The van der Waals surface area contributed by atoms with Crippen LogP contribution in [0.15, 0.2) is 89.0 Å². The molecule has 1 aliphatic carbocycles. The van der Waals surface area contributed by atoms with E-state index in [-0.39, 0.29) is 15.6 Å². The minimum atomic E-state index is -3.67. The maximum atomic E-state index is 13.1. The lowest BCUT2D eigenvalue weighted by atomic mass is 9.80. The first kappa shape index (κ1) is 23.0. The lowest BCUT2D eigenvalue weighted by molar-refractivity contribution is 0.0982. The highest BCUT2D eigenvalue weighted by atomic mass is 32.2. The molecule has 0 spiro atoms. The van der Waals surface area contributed by atoms with Gasteiger partial charge in [0.1, 0.15) is 5.65 Å². The number of nitrogens with zero attached hydrogens (tertiary/aromatic N) is 3. The van der Waals surface area contributed by atoms with Crippen molar-refractivity contribution in [1.82, 2.24) is 9.38 Å². The smallest absolute Gasteiger partial charge is 0.206 e. The third-order valence-electron chi connectivity index (χ3n) is 6.97. The van der Waals surface area contributed by atoms with Gasteiger partial charge in [0.05, 0.1) is 21.3 Å². The molecular formula is C28H25N3O3S. The van der Waals surface area contributed by atoms with Crippen molar-refractivity contribution in [2.24, 2.45) is 0 Å². The summed E-state index contributed by atoms with van der Waals surface area (Å²) in [7, 11) is -3.67. The molecule has 1 saturated carbocycles. The van der Waals surface area contributed by atoms with Gasteiger partial charge in [-0.2, -0.15) is 5.26 Å². The molecule has 0 aliphatic heterocycles. The Morgan fingerprint density at radius 2 is 1.63 bits per heavy atom. The molecule has 6 nitrogen and oxygen atoms in total. The minimum Gasteiger partial charge on any atom is -0.306 e. The zero-order chi connectivity index (χ0) is 24.5. The van der Waals surface area contributed by atoms with Crippen molar-refractivity contribution in [1.29, 1.82) is 5.26 Å². The molecule has 1 aliphatic rings. The van der Waals surface area contributed by atoms with E-state index in [1.54, 1.807) is 73.2 Å². The van der Waals surface area contributed by atoms with Gasteiger partial charge in [0, 0.05) is 30.6 Å². The van der Waals surface area contributed by atoms with E-state index in [0.29, 0.717) is 18.4 Å². The van der Waals surface area contributed by atoms with Crippen LogP contribution in [-0.2, 0) is 21.7 Å². The zero-order valence-electron chi connectivity index (χ0n) is 19.2. The number of hydrogen-bond acceptors (Lipinski definition) is 5. The van der Waals surface area contributed by atoms with Crippen LogP contribution in [0.5, 0.6) is 0 Å². The molecule has 0 bridgehead atoms. The number of carbonyl (C=O) groups is 1. The highest BCUT2D eigenvalue weighted by Crippen LogP contribution is 2.40. The molecule has 176 valence electrons. The first-order valence-corrected chi connectivity index (χ1v) is 13.2. The van der Waals surface area contributed by atoms with E-state index in [1.165, 1.54) is 0 Å². The summed E-state index contributed by atoms with van der Waals surface area (Å²) in [6.07, 6.45) is 9.78. The number of carbonyl (C=O) groups excluding carboxylic acids is 1. The van der Waals surface area contributed by atoms with Crippen LogP contribution >= 0.6 is 0 Å². The Bertz CT molecular complexity index is 1520. The molecule has 1 fully saturated rings. The maximum absolute atomic E-state index is 13.1. The second kappa shape index (κ2) is 9.12. The SMILES string of the molecule is N#CC1(c2ccc(S(=O)(=O)c3ccc(CCC(=O)c4ccc5nccn5c4)cc3)cc2)CCCC1. The van der Waals surface area contributed by atoms with Crippen molar-refractivity contribution in [3.05, 3.63) is 95.9 Å². The van der Waals surface area contributed by atoms with Crippen molar-refractivity contribution >= 4 is 21.3 Å². The molecule has 7 heteroatoms. The molecule has 2 aromatic carbocycles. The number of aryl methyl sites for hydroxylation is 1. The molecular weight excluding hydrogens is 458 g/mol. The van der Waals surface area contributed by atoms with Crippen molar-refractivity contribution in [2.45, 2.75) is 53.7 Å².